The minimum Gasteiger partial charge on any atom is -0.383 e. The Morgan fingerprint density at radius 1 is 1.27 bits per heavy atom. The fourth-order valence-corrected chi connectivity index (χ4v) is 3.26. The number of anilines is 2. The Kier molecular flexibility index (Phi) is 5.04. The van der Waals surface area contributed by atoms with Crippen LogP contribution in [0.15, 0.2) is 36.8 Å². The maximum Gasteiger partial charge on any atom is 0.257 e. The van der Waals surface area contributed by atoms with E-state index in [9.17, 15) is 9.18 Å². The van der Waals surface area contributed by atoms with Gasteiger partial charge in [0.25, 0.3) is 5.91 Å². The van der Waals surface area contributed by atoms with Crippen molar-refractivity contribution in [2.75, 3.05) is 17.2 Å². The molecule has 0 unspecified atom stereocenters. The monoisotopic (exact) mass is 407 g/mol. The summed E-state index contributed by atoms with van der Waals surface area (Å²) in [5.41, 5.74) is 8.71. The Balaban J connectivity index is 1.71. The van der Waals surface area contributed by atoms with E-state index in [0.717, 1.165) is 5.69 Å². The van der Waals surface area contributed by atoms with Crippen molar-refractivity contribution in [2.45, 2.75) is 26.8 Å². The largest absolute Gasteiger partial charge is 0.383 e. The lowest BCUT2D eigenvalue weighted by molar-refractivity contribution is 0.102. The van der Waals surface area contributed by atoms with E-state index in [0.29, 0.717) is 40.2 Å². The number of amides is 1. The normalized spacial score (nSPS) is 12.3. The van der Waals surface area contributed by atoms with E-state index >= 15 is 0 Å². The zero-order chi connectivity index (χ0) is 21.4. The van der Waals surface area contributed by atoms with Crippen molar-refractivity contribution < 1.29 is 9.18 Å². The molecule has 4 rings (SSSR count). The molecular formula is C21H22FN7O. The van der Waals surface area contributed by atoms with Crippen LogP contribution in [0.1, 0.15) is 28.8 Å². The Morgan fingerprint density at radius 3 is 2.83 bits per heavy atom. The van der Waals surface area contributed by atoms with Crippen LogP contribution >= 0.6 is 0 Å². The molecule has 3 heterocycles. The summed E-state index contributed by atoms with van der Waals surface area (Å²) in [5.74, 6) is -0.367. The van der Waals surface area contributed by atoms with Gasteiger partial charge in [-0.05, 0) is 32.9 Å². The highest BCUT2D eigenvalue weighted by Crippen LogP contribution is 2.26. The lowest BCUT2D eigenvalue weighted by Gasteiger charge is -2.14. The second-order valence-corrected chi connectivity index (χ2v) is 7.34. The number of aryl methyl sites for hydroxylation is 2. The highest BCUT2D eigenvalue weighted by molar-refractivity contribution is 6.13. The number of aromatic nitrogens is 4. The van der Waals surface area contributed by atoms with Gasteiger partial charge in [-0.3, -0.25) is 4.79 Å². The van der Waals surface area contributed by atoms with Crippen LogP contribution in [0.3, 0.4) is 0 Å². The highest BCUT2D eigenvalue weighted by Gasteiger charge is 2.16. The molecule has 0 aliphatic rings. The topological polar surface area (TPSA) is 110 Å². The number of carbonyl (C=O) groups is 1. The van der Waals surface area contributed by atoms with Gasteiger partial charge in [-0.1, -0.05) is 0 Å². The van der Waals surface area contributed by atoms with Crippen LogP contribution in [0.25, 0.3) is 16.6 Å². The summed E-state index contributed by atoms with van der Waals surface area (Å²) in [4.78, 5) is 25.9. The van der Waals surface area contributed by atoms with Gasteiger partial charge in [0.05, 0.1) is 22.5 Å². The average Bonchev–Trinajstić information content (AvgIpc) is 3.06. The molecule has 3 aromatic heterocycles. The molecule has 0 aliphatic heterocycles. The van der Waals surface area contributed by atoms with Crippen LogP contribution in [0, 0.1) is 19.7 Å². The van der Waals surface area contributed by atoms with Crippen LogP contribution in [0.5, 0.6) is 0 Å². The summed E-state index contributed by atoms with van der Waals surface area (Å²) in [5, 5.41) is 6.72. The van der Waals surface area contributed by atoms with Crippen LogP contribution in [-0.2, 0) is 0 Å². The summed E-state index contributed by atoms with van der Waals surface area (Å²) < 4.78 is 15.9. The van der Waals surface area contributed by atoms with E-state index < -0.39 is 11.7 Å². The lowest BCUT2D eigenvalue weighted by atomic mass is 10.1. The Labute approximate surface area is 172 Å². The molecule has 0 bridgehead atoms. The van der Waals surface area contributed by atoms with E-state index in [1.165, 1.54) is 6.07 Å². The molecule has 4 aromatic rings. The van der Waals surface area contributed by atoms with E-state index in [-0.39, 0.29) is 11.7 Å². The number of nitrogens with one attached hydrogen (secondary N) is 2. The van der Waals surface area contributed by atoms with Crippen molar-refractivity contribution in [3.05, 3.63) is 59.7 Å². The molecule has 154 valence electrons. The molecule has 30 heavy (non-hydrogen) atoms. The van der Waals surface area contributed by atoms with Crippen molar-refractivity contribution in [1.82, 2.24) is 19.4 Å². The van der Waals surface area contributed by atoms with Crippen LogP contribution < -0.4 is 16.4 Å². The number of carbonyl (C=O) groups excluding carboxylic acids is 1. The zero-order valence-corrected chi connectivity index (χ0v) is 16.9. The molecule has 0 fully saturated rings. The van der Waals surface area contributed by atoms with Crippen molar-refractivity contribution in [3.63, 3.8) is 0 Å². The molecule has 9 heteroatoms. The first-order valence-corrected chi connectivity index (χ1v) is 9.54. The predicted molar refractivity (Wildman–Crippen MR) is 114 cm³/mol. The Morgan fingerprint density at radius 2 is 2.07 bits per heavy atom. The summed E-state index contributed by atoms with van der Waals surface area (Å²) in [7, 11) is 0. The SMILES string of the molecule is Cc1cn2cc(NC(=O)c3ccc(NC[C@@H](C)N)c4cnc(C)nc34)cc(F)c2n1. The molecule has 0 spiro atoms. The molecule has 4 N–H and O–H groups in total. The molecule has 1 amide bonds. The van der Waals surface area contributed by atoms with E-state index in [4.69, 9.17) is 5.73 Å². The molecule has 1 aromatic carbocycles. The third-order valence-corrected chi connectivity index (χ3v) is 4.61. The third kappa shape index (κ3) is 3.79. The number of pyridine rings is 1. The summed E-state index contributed by atoms with van der Waals surface area (Å²) in [6.07, 6.45) is 4.99. The number of nitrogens with zero attached hydrogens (tertiary/aromatic N) is 4. The van der Waals surface area contributed by atoms with Crippen LogP contribution in [-0.4, -0.2) is 37.8 Å². The van der Waals surface area contributed by atoms with Crippen LogP contribution in [0.4, 0.5) is 15.8 Å². The first kappa shape index (κ1) is 19.7. The number of rotatable bonds is 5. The molecule has 8 nitrogen and oxygen atoms in total. The number of hydrogen-bond donors (Lipinski definition) is 3. The number of fused-ring (bicyclic) bond motifs is 2. The van der Waals surface area contributed by atoms with Crippen molar-refractivity contribution >= 4 is 33.8 Å². The predicted octanol–water partition coefficient (Wildman–Crippen LogP) is 3.04. The van der Waals surface area contributed by atoms with Gasteiger partial charge < -0.3 is 20.8 Å². The minimum absolute atomic E-state index is 0.0361. The first-order valence-electron chi connectivity index (χ1n) is 9.54. The van der Waals surface area contributed by atoms with Gasteiger partial charge in [-0.2, -0.15) is 0 Å². The second-order valence-electron chi connectivity index (χ2n) is 7.34. The molecule has 0 saturated carbocycles. The molecular weight excluding hydrogens is 385 g/mol. The van der Waals surface area contributed by atoms with Crippen molar-refractivity contribution in [1.29, 1.82) is 0 Å². The number of nitrogens with two attached hydrogens (primary N) is 1. The van der Waals surface area contributed by atoms with Crippen LogP contribution in [0.2, 0.25) is 0 Å². The maximum atomic E-state index is 14.3. The molecule has 0 saturated heterocycles. The van der Waals surface area contributed by atoms with Gasteiger partial charge >= 0.3 is 0 Å². The van der Waals surface area contributed by atoms with E-state index in [1.807, 2.05) is 6.92 Å². The Hall–Kier alpha value is -3.59. The third-order valence-electron chi connectivity index (χ3n) is 4.61. The summed E-state index contributed by atoms with van der Waals surface area (Å²) >= 11 is 0. The van der Waals surface area contributed by atoms with Gasteiger partial charge in [0.1, 0.15) is 5.82 Å². The number of benzene rings is 1. The molecule has 0 radical (unpaired) electrons. The van der Waals surface area contributed by atoms with Gasteiger partial charge in [-0.25, -0.2) is 19.3 Å². The van der Waals surface area contributed by atoms with Gasteiger partial charge in [0, 0.05) is 48.3 Å². The average molecular weight is 407 g/mol. The quantitative estimate of drug-likeness (QED) is 0.469. The smallest absolute Gasteiger partial charge is 0.257 e. The molecule has 0 aliphatic carbocycles. The first-order chi connectivity index (χ1) is 14.3. The molecule has 1 atom stereocenters. The summed E-state index contributed by atoms with van der Waals surface area (Å²) in [6, 6.07) is 4.69. The fourth-order valence-electron chi connectivity index (χ4n) is 3.26. The Bertz CT molecular complexity index is 1270. The lowest BCUT2D eigenvalue weighted by Crippen LogP contribution is -2.25. The van der Waals surface area contributed by atoms with Gasteiger partial charge in [-0.15, -0.1) is 0 Å². The van der Waals surface area contributed by atoms with Crippen molar-refractivity contribution in [3.8, 4) is 0 Å². The van der Waals surface area contributed by atoms with Crippen molar-refractivity contribution in [2.24, 2.45) is 5.73 Å². The fraction of sp³-hybridized carbons (Fsp3) is 0.238. The van der Waals surface area contributed by atoms with E-state index in [2.05, 4.69) is 25.6 Å². The number of hydrogen-bond acceptors (Lipinski definition) is 6. The second kappa shape index (κ2) is 7.68. The van der Waals surface area contributed by atoms with Gasteiger partial charge in [0.15, 0.2) is 11.5 Å². The highest BCUT2D eigenvalue weighted by atomic mass is 19.1. The standard InChI is InChI=1S/C21H22FN7O/c1-11(23)7-25-18-5-4-15(19-16(18)8-24-13(3)27-19)21(30)28-14-6-17(22)20-26-12(2)9-29(20)10-14/h4-6,8-11,25H,7,23H2,1-3H3,(H,28,30)/t11-/m1/s1. The van der Waals surface area contributed by atoms with Gasteiger partial charge in [0.2, 0.25) is 0 Å². The zero-order valence-electron chi connectivity index (χ0n) is 16.9. The maximum absolute atomic E-state index is 14.3. The minimum atomic E-state index is -0.514. The number of imidazole rings is 1. The number of halogens is 1. The summed E-state index contributed by atoms with van der Waals surface area (Å²) in [6.45, 7) is 6.00. The van der Waals surface area contributed by atoms with E-state index in [1.54, 1.807) is 49.0 Å².